The van der Waals surface area contributed by atoms with Gasteiger partial charge in [-0.2, -0.15) is 0 Å². The zero-order valence-electron chi connectivity index (χ0n) is 6.20. The van der Waals surface area contributed by atoms with E-state index in [1.54, 1.807) is 24.3 Å². The van der Waals surface area contributed by atoms with E-state index < -0.39 is 6.09 Å². The van der Waals surface area contributed by atoms with E-state index in [-0.39, 0.29) is 7.43 Å². The molecule has 1 N–H and O–H groups in total. The molecule has 0 unspecified atom stereocenters. The fourth-order valence-electron chi connectivity index (χ4n) is 0.647. The molecule has 66 valence electrons. The summed E-state index contributed by atoms with van der Waals surface area (Å²) in [6.07, 6.45) is -0.448. The molecule has 0 saturated heterocycles. The Morgan fingerprint density at radius 1 is 1.33 bits per heavy atom. The van der Waals surface area contributed by atoms with Gasteiger partial charge in [-0.25, -0.2) is 4.79 Å². The van der Waals surface area contributed by atoms with Crippen LogP contribution >= 0.6 is 0 Å². The van der Waals surface area contributed by atoms with E-state index in [0.29, 0.717) is 5.75 Å². The number of ether oxygens (including phenoxy) is 1. The lowest BCUT2D eigenvalue weighted by molar-refractivity contribution is 0.203. The van der Waals surface area contributed by atoms with Crippen LogP contribution in [0.1, 0.15) is 7.43 Å². The molecule has 3 nitrogen and oxygen atoms in total. The Kier molecular flexibility index (Phi) is 4.53. The number of nitrogens with one attached hydrogen (secondary N) is 1. The van der Waals surface area contributed by atoms with Gasteiger partial charge in [0, 0.05) is 7.05 Å². The first kappa shape index (κ1) is 10.5. The molecule has 0 radical (unpaired) electrons. The molecular weight excluding hydrogens is 154 g/mol. The zero-order valence-corrected chi connectivity index (χ0v) is 6.20. The molecule has 0 aromatic heterocycles. The maximum Gasteiger partial charge on any atom is 0.412 e. The first-order chi connectivity index (χ1) is 5.33. The molecule has 3 heteroatoms. The number of hydrogen-bond donors (Lipinski definition) is 1. The minimum absolute atomic E-state index is 0. The molecule has 0 aliphatic rings. The van der Waals surface area contributed by atoms with Gasteiger partial charge in [0.1, 0.15) is 5.75 Å². The van der Waals surface area contributed by atoms with Crippen molar-refractivity contribution in [3.8, 4) is 5.75 Å². The third-order valence-electron chi connectivity index (χ3n) is 1.16. The normalized spacial score (nSPS) is 8.08. The highest BCUT2D eigenvalue weighted by Gasteiger charge is 1.97. The van der Waals surface area contributed by atoms with Crippen LogP contribution in [0.25, 0.3) is 0 Å². The Balaban J connectivity index is 0.00000121. The van der Waals surface area contributed by atoms with E-state index in [9.17, 15) is 4.79 Å². The Hall–Kier alpha value is -1.51. The largest absolute Gasteiger partial charge is 0.412 e. The summed E-state index contributed by atoms with van der Waals surface area (Å²) in [5, 5.41) is 2.35. The first-order valence-electron chi connectivity index (χ1n) is 3.27. The minimum atomic E-state index is -0.448. The van der Waals surface area contributed by atoms with Crippen molar-refractivity contribution in [1.29, 1.82) is 0 Å². The summed E-state index contributed by atoms with van der Waals surface area (Å²) < 4.78 is 4.81. The van der Waals surface area contributed by atoms with Gasteiger partial charge >= 0.3 is 6.09 Å². The summed E-state index contributed by atoms with van der Waals surface area (Å²) in [7, 11) is 1.52. The monoisotopic (exact) mass is 167 g/mol. The molecule has 0 heterocycles. The highest BCUT2D eigenvalue weighted by Crippen LogP contribution is 2.07. The standard InChI is InChI=1S/C8H9NO2.CH4/c1-9-8(10)11-7-5-3-2-4-6-7;/h2-6H,1H3,(H,9,10);1H4. The molecular formula is C9H13NO2. The molecule has 1 rings (SSSR count). The minimum Gasteiger partial charge on any atom is -0.410 e. The van der Waals surface area contributed by atoms with Crippen LogP contribution in [0.2, 0.25) is 0 Å². The number of carbonyl (C=O) groups excluding carboxylic acids is 1. The van der Waals surface area contributed by atoms with Crippen LogP contribution in [0.3, 0.4) is 0 Å². The van der Waals surface area contributed by atoms with E-state index in [1.165, 1.54) is 7.05 Å². The number of carbonyl (C=O) groups is 1. The van der Waals surface area contributed by atoms with Gasteiger partial charge < -0.3 is 10.1 Å². The van der Waals surface area contributed by atoms with E-state index in [4.69, 9.17) is 4.74 Å². The van der Waals surface area contributed by atoms with Crippen LogP contribution < -0.4 is 10.1 Å². The number of amides is 1. The summed E-state index contributed by atoms with van der Waals surface area (Å²) in [5.74, 6) is 0.548. The summed E-state index contributed by atoms with van der Waals surface area (Å²) in [6, 6.07) is 8.90. The third kappa shape index (κ3) is 3.05. The van der Waals surface area contributed by atoms with E-state index >= 15 is 0 Å². The van der Waals surface area contributed by atoms with Crippen molar-refractivity contribution < 1.29 is 9.53 Å². The van der Waals surface area contributed by atoms with Crippen molar-refractivity contribution in [3.63, 3.8) is 0 Å². The fraction of sp³-hybridized carbons (Fsp3) is 0.222. The number of hydrogen-bond acceptors (Lipinski definition) is 2. The highest BCUT2D eigenvalue weighted by molar-refractivity contribution is 5.69. The van der Waals surface area contributed by atoms with Gasteiger partial charge in [-0.05, 0) is 12.1 Å². The average molecular weight is 167 g/mol. The van der Waals surface area contributed by atoms with Crippen molar-refractivity contribution in [2.24, 2.45) is 0 Å². The predicted molar refractivity (Wildman–Crippen MR) is 48.3 cm³/mol. The lowest BCUT2D eigenvalue weighted by Gasteiger charge is -2.00. The van der Waals surface area contributed by atoms with Crippen molar-refractivity contribution >= 4 is 6.09 Å². The van der Waals surface area contributed by atoms with Crippen molar-refractivity contribution in [3.05, 3.63) is 30.3 Å². The lowest BCUT2D eigenvalue weighted by atomic mass is 10.3. The maximum absolute atomic E-state index is 10.6. The SMILES string of the molecule is C.CNC(=O)Oc1ccccc1. The molecule has 1 amide bonds. The molecule has 1 aromatic rings. The van der Waals surface area contributed by atoms with Crippen LogP contribution in [0.5, 0.6) is 5.75 Å². The Labute approximate surface area is 72.4 Å². The van der Waals surface area contributed by atoms with Gasteiger partial charge in [0.15, 0.2) is 0 Å². The topological polar surface area (TPSA) is 38.3 Å². The molecule has 0 aliphatic carbocycles. The van der Waals surface area contributed by atoms with E-state index in [1.807, 2.05) is 6.07 Å². The van der Waals surface area contributed by atoms with E-state index in [2.05, 4.69) is 5.32 Å². The summed E-state index contributed by atoms with van der Waals surface area (Å²) in [4.78, 5) is 10.6. The van der Waals surface area contributed by atoms with Crippen LogP contribution in [0, 0.1) is 0 Å². The summed E-state index contributed by atoms with van der Waals surface area (Å²) >= 11 is 0. The van der Waals surface area contributed by atoms with Gasteiger partial charge in [0.05, 0.1) is 0 Å². The summed E-state index contributed by atoms with van der Waals surface area (Å²) in [6.45, 7) is 0. The quantitative estimate of drug-likeness (QED) is 0.695. The Morgan fingerprint density at radius 3 is 2.42 bits per heavy atom. The molecule has 0 fully saturated rings. The third-order valence-corrected chi connectivity index (χ3v) is 1.16. The van der Waals surface area contributed by atoms with Crippen LogP contribution in [-0.2, 0) is 0 Å². The highest BCUT2D eigenvalue weighted by atomic mass is 16.5. The molecule has 12 heavy (non-hydrogen) atoms. The molecule has 0 bridgehead atoms. The van der Waals surface area contributed by atoms with Gasteiger partial charge in [-0.3, -0.25) is 0 Å². The first-order valence-corrected chi connectivity index (χ1v) is 3.27. The molecule has 0 aliphatic heterocycles. The van der Waals surface area contributed by atoms with Gasteiger partial charge in [-0.1, -0.05) is 25.6 Å². The smallest absolute Gasteiger partial charge is 0.410 e. The van der Waals surface area contributed by atoms with Crippen LogP contribution in [-0.4, -0.2) is 13.1 Å². The van der Waals surface area contributed by atoms with Gasteiger partial charge in [-0.15, -0.1) is 0 Å². The second kappa shape index (κ2) is 5.18. The van der Waals surface area contributed by atoms with Gasteiger partial charge in [0.2, 0.25) is 0 Å². The number of para-hydroxylation sites is 1. The predicted octanol–water partition coefficient (Wildman–Crippen LogP) is 2.04. The summed E-state index contributed by atoms with van der Waals surface area (Å²) in [5.41, 5.74) is 0. The van der Waals surface area contributed by atoms with Crippen LogP contribution in [0.15, 0.2) is 30.3 Å². The molecule has 0 spiro atoms. The zero-order chi connectivity index (χ0) is 8.10. The average Bonchev–Trinajstić information content (AvgIpc) is 2.06. The van der Waals surface area contributed by atoms with Crippen molar-refractivity contribution in [1.82, 2.24) is 5.32 Å². The van der Waals surface area contributed by atoms with Crippen LogP contribution in [0.4, 0.5) is 4.79 Å². The lowest BCUT2D eigenvalue weighted by Crippen LogP contribution is -2.21. The van der Waals surface area contributed by atoms with E-state index in [0.717, 1.165) is 0 Å². The fourth-order valence-corrected chi connectivity index (χ4v) is 0.647. The molecule has 0 saturated carbocycles. The molecule has 1 aromatic carbocycles. The molecule has 0 atom stereocenters. The Morgan fingerprint density at radius 2 is 1.92 bits per heavy atom. The maximum atomic E-state index is 10.6. The van der Waals surface area contributed by atoms with Crippen molar-refractivity contribution in [2.45, 2.75) is 7.43 Å². The number of rotatable bonds is 1. The van der Waals surface area contributed by atoms with Gasteiger partial charge in [0.25, 0.3) is 0 Å². The second-order valence-electron chi connectivity index (χ2n) is 1.95. The Bertz CT molecular complexity index is 234. The second-order valence-corrected chi connectivity index (χ2v) is 1.95. The van der Waals surface area contributed by atoms with Crippen molar-refractivity contribution in [2.75, 3.05) is 7.05 Å². The number of benzene rings is 1.